The fourth-order valence-electron chi connectivity index (χ4n) is 2.99. The molecule has 0 aliphatic carbocycles. The number of hydrogen-bond acceptors (Lipinski definition) is 14. The molecule has 0 aromatic heterocycles. The number of carboxylic acid groups (broad SMARTS) is 1. The summed E-state index contributed by atoms with van der Waals surface area (Å²) < 4.78 is 0. The molecule has 18 heteroatoms. The van der Waals surface area contributed by atoms with Crippen LogP contribution in [0.4, 0.5) is 0 Å². The van der Waals surface area contributed by atoms with Crippen LogP contribution < -0.4 is 28.7 Å². The first kappa shape index (κ1) is 32.0. The third-order valence-electron chi connectivity index (χ3n) is 4.73. The summed E-state index contributed by atoms with van der Waals surface area (Å²) in [6.45, 7) is -5.28. The number of primary amides is 1. The van der Waals surface area contributed by atoms with Gasteiger partial charge in [-0.05, 0) is 0 Å². The highest BCUT2D eigenvalue weighted by Gasteiger charge is 2.59. The number of aliphatic hydroxyl groups excluding tert-OH is 2. The van der Waals surface area contributed by atoms with Gasteiger partial charge < -0.3 is 44.0 Å². The zero-order chi connectivity index (χ0) is 27.7. The predicted molar refractivity (Wildman–Crippen MR) is 119 cm³/mol. The maximum Gasteiger partial charge on any atom is 0.340 e. The number of aliphatic hydroxyl groups is 2. The van der Waals surface area contributed by atoms with E-state index in [4.69, 9.17) is 28.7 Å². The Kier molecular flexibility index (Phi) is 12.6. The second-order valence-corrected chi connectivity index (χ2v) is 7.39. The SMILES string of the molecule is NCC(=O)N(C(=O)CN)C(CO)(C(=O)O)C(=O)C(CO)N(C(=O)C(N)CS)C(=O)C(N)CC(N)=O. The van der Waals surface area contributed by atoms with E-state index in [0.717, 1.165) is 0 Å². The summed E-state index contributed by atoms with van der Waals surface area (Å²) in [5.41, 5.74) is 23.1. The minimum Gasteiger partial charge on any atom is -0.479 e. The van der Waals surface area contributed by atoms with E-state index in [1.54, 1.807) is 0 Å². The zero-order valence-electron chi connectivity index (χ0n) is 18.4. The molecular weight excluding hydrogens is 494 g/mol. The topological polar surface area (TPSA) is 317 Å². The monoisotopic (exact) mass is 523 g/mol. The number of thiol groups is 1. The third kappa shape index (κ3) is 6.78. The van der Waals surface area contributed by atoms with E-state index in [1.165, 1.54) is 0 Å². The van der Waals surface area contributed by atoms with Crippen LogP contribution >= 0.6 is 12.6 Å². The van der Waals surface area contributed by atoms with Gasteiger partial charge in [-0.2, -0.15) is 12.6 Å². The highest BCUT2D eigenvalue weighted by Crippen LogP contribution is 2.23. The smallest absolute Gasteiger partial charge is 0.340 e. The van der Waals surface area contributed by atoms with Crippen molar-refractivity contribution in [3.63, 3.8) is 0 Å². The van der Waals surface area contributed by atoms with Crippen molar-refractivity contribution in [1.82, 2.24) is 9.80 Å². The molecule has 0 aromatic rings. The predicted octanol–water partition coefficient (Wildman–Crippen LogP) is -7.18. The first-order valence-corrected chi connectivity index (χ1v) is 10.4. The van der Waals surface area contributed by atoms with Gasteiger partial charge in [0.1, 0.15) is 6.04 Å². The normalized spacial score (nSPS) is 15.2. The van der Waals surface area contributed by atoms with Gasteiger partial charge in [-0.25, -0.2) is 4.79 Å². The molecule has 17 nitrogen and oxygen atoms in total. The van der Waals surface area contributed by atoms with E-state index < -0.39 is 103 Å². The molecule has 0 aromatic carbocycles. The molecular formula is C17H29N7O10S. The van der Waals surface area contributed by atoms with Gasteiger partial charge in [-0.15, -0.1) is 0 Å². The largest absolute Gasteiger partial charge is 0.479 e. The molecule has 35 heavy (non-hydrogen) atoms. The number of carbonyl (C=O) groups excluding carboxylic acids is 6. The van der Waals surface area contributed by atoms with Crippen molar-refractivity contribution in [3.05, 3.63) is 0 Å². The molecule has 13 N–H and O–H groups in total. The van der Waals surface area contributed by atoms with E-state index in [0.29, 0.717) is 0 Å². The van der Waals surface area contributed by atoms with E-state index in [9.17, 15) is 48.9 Å². The lowest BCUT2D eigenvalue weighted by Gasteiger charge is -2.40. The van der Waals surface area contributed by atoms with Crippen molar-refractivity contribution < 1.29 is 48.9 Å². The van der Waals surface area contributed by atoms with Crippen molar-refractivity contribution >= 4 is 53.9 Å². The zero-order valence-corrected chi connectivity index (χ0v) is 19.3. The summed E-state index contributed by atoms with van der Waals surface area (Å²) in [5, 5.41) is 29.7. The molecule has 0 fully saturated rings. The summed E-state index contributed by atoms with van der Waals surface area (Å²) in [6, 6.07) is -5.93. The minimum absolute atomic E-state index is 0.0256. The Morgan fingerprint density at radius 1 is 0.886 bits per heavy atom. The van der Waals surface area contributed by atoms with Crippen LogP contribution in [0.15, 0.2) is 0 Å². The molecule has 5 amide bonds. The highest BCUT2D eigenvalue weighted by molar-refractivity contribution is 7.80. The lowest BCUT2D eigenvalue weighted by molar-refractivity contribution is -0.176. The third-order valence-corrected chi connectivity index (χ3v) is 5.13. The van der Waals surface area contributed by atoms with Crippen molar-refractivity contribution in [2.24, 2.45) is 28.7 Å². The van der Waals surface area contributed by atoms with E-state index in [1.807, 2.05) is 0 Å². The van der Waals surface area contributed by atoms with Gasteiger partial charge in [-0.1, -0.05) is 0 Å². The van der Waals surface area contributed by atoms with Crippen molar-refractivity contribution in [2.45, 2.75) is 30.1 Å². The minimum atomic E-state index is -3.49. The second-order valence-electron chi connectivity index (χ2n) is 7.03. The summed E-state index contributed by atoms with van der Waals surface area (Å²) in [4.78, 5) is 87.1. The Morgan fingerprint density at radius 2 is 1.34 bits per heavy atom. The molecule has 0 aliphatic rings. The number of imide groups is 2. The highest BCUT2D eigenvalue weighted by atomic mass is 32.1. The number of carboxylic acids is 1. The Hall–Kier alpha value is -3.00. The van der Waals surface area contributed by atoms with Gasteiger partial charge in [-0.3, -0.25) is 38.6 Å². The van der Waals surface area contributed by atoms with E-state index in [-0.39, 0.29) is 9.80 Å². The average Bonchev–Trinajstić information content (AvgIpc) is 2.82. The Balaban J connectivity index is 7.09. The second kappa shape index (κ2) is 13.8. The van der Waals surface area contributed by atoms with Gasteiger partial charge >= 0.3 is 5.97 Å². The molecule has 4 unspecified atom stereocenters. The van der Waals surface area contributed by atoms with Crippen LogP contribution in [-0.2, 0) is 33.6 Å². The van der Waals surface area contributed by atoms with Crippen LogP contribution in [0.2, 0.25) is 0 Å². The van der Waals surface area contributed by atoms with Crippen LogP contribution in [0.5, 0.6) is 0 Å². The van der Waals surface area contributed by atoms with Gasteiger partial charge in [0.2, 0.25) is 35.1 Å². The number of aliphatic carboxylic acids is 1. The maximum atomic E-state index is 13.5. The molecule has 0 radical (unpaired) electrons. The molecule has 0 saturated heterocycles. The molecule has 4 atom stereocenters. The number of amides is 5. The lowest BCUT2D eigenvalue weighted by Crippen LogP contribution is -2.73. The fraction of sp³-hybridized carbons (Fsp3) is 0.588. The lowest BCUT2D eigenvalue weighted by atomic mass is 9.86. The summed E-state index contributed by atoms with van der Waals surface area (Å²) in [7, 11) is 0. The Labute approximate surface area is 203 Å². The van der Waals surface area contributed by atoms with Crippen LogP contribution in [-0.4, -0.2) is 122 Å². The van der Waals surface area contributed by atoms with Crippen LogP contribution in [0.25, 0.3) is 0 Å². The van der Waals surface area contributed by atoms with E-state index in [2.05, 4.69) is 12.6 Å². The summed E-state index contributed by atoms with van der Waals surface area (Å²) in [5.74, 6) is -11.5. The van der Waals surface area contributed by atoms with Crippen LogP contribution in [0, 0.1) is 0 Å². The first-order chi connectivity index (χ1) is 16.2. The molecule has 0 bridgehead atoms. The van der Waals surface area contributed by atoms with Gasteiger partial charge in [0.15, 0.2) is 5.78 Å². The van der Waals surface area contributed by atoms with E-state index >= 15 is 0 Å². The molecule has 0 saturated carbocycles. The standard InChI is InChI=1S/C17H29N7O10S/c18-2-11(28)24(12(29)3-19)17(6-26,16(33)34)13(30)9(4-25)23(15(32)8(21)5-35)14(31)7(20)1-10(22)27/h7-9,25-26,35H,1-6,18-21H2,(H2,22,27)(H,33,34). The van der Waals surface area contributed by atoms with Gasteiger partial charge in [0, 0.05) is 5.75 Å². The number of ketones is 1. The van der Waals surface area contributed by atoms with Crippen molar-refractivity contribution in [3.8, 4) is 0 Å². The summed E-state index contributed by atoms with van der Waals surface area (Å²) >= 11 is 3.80. The maximum absolute atomic E-state index is 13.5. The molecule has 198 valence electrons. The van der Waals surface area contributed by atoms with Crippen molar-refractivity contribution in [1.29, 1.82) is 0 Å². The first-order valence-electron chi connectivity index (χ1n) is 9.75. The summed E-state index contributed by atoms with van der Waals surface area (Å²) in [6.07, 6.45) is -0.835. The molecule has 0 rings (SSSR count). The number of nitrogens with two attached hydrogens (primary N) is 5. The molecule has 0 spiro atoms. The Morgan fingerprint density at radius 3 is 1.66 bits per heavy atom. The molecule has 0 aliphatic heterocycles. The fourth-order valence-corrected chi connectivity index (χ4v) is 3.14. The van der Waals surface area contributed by atoms with Crippen LogP contribution in [0.3, 0.4) is 0 Å². The number of rotatable bonds is 14. The van der Waals surface area contributed by atoms with Gasteiger partial charge in [0.05, 0.1) is 44.8 Å². The van der Waals surface area contributed by atoms with Crippen LogP contribution in [0.1, 0.15) is 6.42 Å². The average molecular weight is 524 g/mol. The van der Waals surface area contributed by atoms with Crippen molar-refractivity contribution in [2.75, 3.05) is 32.1 Å². The Bertz CT molecular complexity index is 856. The number of hydrogen-bond donors (Lipinski definition) is 9. The number of carbonyl (C=O) groups is 7. The number of Topliss-reactive ketones (excluding diaryl/α,β-unsaturated/α-hetero) is 1. The number of nitrogens with zero attached hydrogens (tertiary/aromatic N) is 2. The van der Waals surface area contributed by atoms with Gasteiger partial charge in [0.25, 0.3) is 0 Å². The quantitative estimate of drug-likeness (QED) is 0.0754. The molecule has 0 heterocycles.